The fourth-order valence-electron chi connectivity index (χ4n) is 8.57. The van der Waals surface area contributed by atoms with Crippen molar-refractivity contribution in [1.82, 2.24) is 0 Å². The first-order valence-electron chi connectivity index (χ1n) is 19.2. The molecule has 0 amide bonds. The monoisotopic (exact) mass is 713 g/mol. The standard InChI is InChI=1S/C54H35NO/c1-2-15-42-35-53-49(34-41(42)14-1)54-48(22-11-25-52(54)56-53)47-20-7-8-23-51(47)55(50-24-10-17-39-13-4-6-19-46(39)50)43-32-30-37(31-33-43)36-26-28-40(29-27-36)45-21-9-16-38-12-3-5-18-44(38)45/h1-35H. The summed E-state index contributed by atoms with van der Waals surface area (Å²) in [7, 11) is 0. The summed E-state index contributed by atoms with van der Waals surface area (Å²) in [6.07, 6.45) is 0. The van der Waals surface area contributed by atoms with E-state index in [0.29, 0.717) is 0 Å². The highest BCUT2D eigenvalue weighted by Crippen LogP contribution is 2.47. The van der Waals surface area contributed by atoms with Gasteiger partial charge in [-0.1, -0.05) is 170 Å². The van der Waals surface area contributed by atoms with E-state index in [1.165, 1.54) is 54.6 Å². The molecule has 0 radical (unpaired) electrons. The second-order valence-electron chi connectivity index (χ2n) is 14.5. The van der Waals surface area contributed by atoms with Crippen LogP contribution in [-0.2, 0) is 0 Å². The highest BCUT2D eigenvalue weighted by molar-refractivity contribution is 6.17. The minimum Gasteiger partial charge on any atom is -0.456 e. The van der Waals surface area contributed by atoms with Gasteiger partial charge < -0.3 is 9.32 Å². The molecule has 0 aliphatic rings. The Balaban J connectivity index is 1.05. The van der Waals surface area contributed by atoms with Gasteiger partial charge in [-0.2, -0.15) is 0 Å². The number of anilines is 3. The minimum absolute atomic E-state index is 0.884. The normalized spacial score (nSPS) is 11.6. The van der Waals surface area contributed by atoms with E-state index in [0.717, 1.165) is 50.1 Å². The zero-order valence-electron chi connectivity index (χ0n) is 30.6. The van der Waals surface area contributed by atoms with E-state index in [1.807, 2.05) is 0 Å². The fourth-order valence-corrected chi connectivity index (χ4v) is 8.57. The molecule has 2 heteroatoms. The molecule has 0 saturated carbocycles. The van der Waals surface area contributed by atoms with Gasteiger partial charge in [-0.25, -0.2) is 0 Å². The summed E-state index contributed by atoms with van der Waals surface area (Å²) in [5.74, 6) is 0. The Morgan fingerprint density at radius 1 is 0.304 bits per heavy atom. The summed E-state index contributed by atoms with van der Waals surface area (Å²) >= 11 is 0. The van der Waals surface area contributed by atoms with E-state index >= 15 is 0 Å². The Labute approximate surface area is 325 Å². The van der Waals surface area contributed by atoms with Gasteiger partial charge >= 0.3 is 0 Å². The molecule has 0 bridgehead atoms. The Morgan fingerprint density at radius 3 is 1.61 bits per heavy atom. The first-order chi connectivity index (χ1) is 27.8. The SMILES string of the molecule is c1ccc(N(c2ccc(-c3ccc(-c4cccc5ccccc45)cc3)cc2)c2cccc3ccccc23)c(-c2cccc3oc4cc5ccccc5cc4c23)c1. The Hall–Kier alpha value is -7.42. The van der Waals surface area contributed by atoms with Crippen LogP contribution >= 0.6 is 0 Å². The van der Waals surface area contributed by atoms with Crippen molar-refractivity contribution in [3.05, 3.63) is 212 Å². The third kappa shape index (κ3) is 5.34. The van der Waals surface area contributed by atoms with Gasteiger partial charge in [0.15, 0.2) is 0 Å². The number of benzene rings is 10. The number of para-hydroxylation sites is 1. The zero-order valence-corrected chi connectivity index (χ0v) is 30.6. The topological polar surface area (TPSA) is 16.4 Å². The number of hydrogen-bond acceptors (Lipinski definition) is 2. The van der Waals surface area contributed by atoms with Gasteiger partial charge in [0.1, 0.15) is 11.2 Å². The van der Waals surface area contributed by atoms with Gasteiger partial charge in [-0.15, -0.1) is 0 Å². The lowest BCUT2D eigenvalue weighted by Gasteiger charge is -2.29. The molecule has 11 aromatic rings. The van der Waals surface area contributed by atoms with Gasteiger partial charge in [0.25, 0.3) is 0 Å². The number of fused-ring (bicyclic) bond motifs is 6. The molecule has 10 aromatic carbocycles. The summed E-state index contributed by atoms with van der Waals surface area (Å²) in [5.41, 5.74) is 12.2. The van der Waals surface area contributed by atoms with Crippen molar-refractivity contribution < 1.29 is 4.42 Å². The van der Waals surface area contributed by atoms with E-state index < -0.39 is 0 Å². The lowest BCUT2D eigenvalue weighted by molar-refractivity contribution is 0.669. The molecule has 0 aliphatic carbocycles. The van der Waals surface area contributed by atoms with E-state index in [2.05, 4.69) is 217 Å². The molecule has 56 heavy (non-hydrogen) atoms. The average Bonchev–Trinajstić information content (AvgIpc) is 3.64. The van der Waals surface area contributed by atoms with Crippen LogP contribution in [0, 0.1) is 0 Å². The Bertz CT molecular complexity index is 3230. The smallest absolute Gasteiger partial charge is 0.136 e. The number of nitrogens with zero attached hydrogens (tertiary/aromatic N) is 1. The highest BCUT2D eigenvalue weighted by Gasteiger charge is 2.22. The Morgan fingerprint density at radius 2 is 0.821 bits per heavy atom. The van der Waals surface area contributed by atoms with Crippen LogP contribution in [0.1, 0.15) is 0 Å². The molecule has 0 N–H and O–H groups in total. The van der Waals surface area contributed by atoms with Crippen LogP contribution < -0.4 is 4.90 Å². The van der Waals surface area contributed by atoms with Crippen LogP contribution in [0.25, 0.3) is 87.6 Å². The van der Waals surface area contributed by atoms with Crippen LogP contribution in [0.5, 0.6) is 0 Å². The second kappa shape index (κ2) is 13.2. The number of hydrogen-bond donors (Lipinski definition) is 0. The third-order valence-corrected chi connectivity index (χ3v) is 11.3. The summed E-state index contributed by atoms with van der Waals surface area (Å²) < 4.78 is 6.54. The summed E-state index contributed by atoms with van der Waals surface area (Å²) in [5, 5.41) is 9.54. The molecule has 11 rings (SSSR count). The van der Waals surface area contributed by atoms with Gasteiger partial charge in [0, 0.05) is 27.4 Å². The molecule has 0 aliphatic heterocycles. The summed E-state index contributed by atoms with van der Waals surface area (Å²) in [4.78, 5) is 2.42. The molecular weight excluding hydrogens is 679 g/mol. The van der Waals surface area contributed by atoms with E-state index in [1.54, 1.807) is 0 Å². The molecule has 262 valence electrons. The number of rotatable bonds is 6. The minimum atomic E-state index is 0.884. The van der Waals surface area contributed by atoms with Crippen molar-refractivity contribution in [3.63, 3.8) is 0 Å². The van der Waals surface area contributed by atoms with Crippen LogP contribution in [0.3, 0.4) is 0 Å². The van der Waals surface area contributed by atoms with E-state index in [4.69, 9.17) is 4.42 Å². The molecular formula is C54H35NO. The van der Waals surface area contributed by atoms with Gasteiger partial charge in [-0.05, 0) is 97.2 Å². The third-order valence-electron chi connectivity index (χ3n) is 11.3. The van der Waals surface area contributed by atoms with Crippen molar-refractivity contribution in [2.24, 2.45) is 0 Å². The predicted molar refractivity (Wildman–Crippen MR) is 237 cm³/mol. The maximum absolute atomic E-state index is 6.54. The molecule has 0 fully saturated rings. The first-order valence-corrected chi connectivity index (χ1v) is 19.2. The largest absolute Gasteiger partial charge is 0.456 e. The number of furan rings is 1. The molecule has 1 heterocycles. The van der Waals surface area contributed by atoms with Crippen LogP contribution in [0.2, 0.25) is 0 Å². The molecule has 0 unspecified atom stereocenters. The first kappa shape index (κ1) is 32.0. The van der Waals surface area contributed by atoms with Gasteiger partial charge in [0.05, 0.1) is 11.4 Å². The van der Waals surface area contributed by atoms with E-state index in [9.17, 15) is 0 Å². The fraction of sp³-hybridized carbons (Fsp3) is 0. The second-order valence-corrected chi connectivity index (χ2v) is 14.5. The molecule has 1 aromatic heterocycles. The predicted octanol–water partition coefficient (Wildman–Crippen LogP) is 15.5. The van der Waals surface area contributed by atoms with Crippen LogP contribution in [-0.4, -0.2) is 0 Å². The lowest BCUT2D eigenvalue weighted by Crippen LogP contribution is -2.11. The van der Waals surface area contributed by atoms with Crippen LogP contribution in [0.4, 0.5) is 17.1 Å². The van der Waals surface area contributed by atoms with Crippen molar-refractivity contribution >= 4 is 71.3 Å². The van der Waals surface area contributed by atoms with Crippen molar-refractivity contribution in [3.8, 4) is 33.4 Å². The maximum Gasteiger partial charge on any atom is 0.136 e. The average molecular weight is 714 g/mol. The van der Waals surface area contributed by atoms with E-state index in [-0.39, 0.29) is 0 Å². The lowest BCUT2D eigenvalue weighted by atomic mass is 9.95. The molecule has 0 spiro atoms. The quantitative estimate of drug-likeness (QED) is 0.171. The zero-order chi connectivity index (χ0) is 37.0. The molecule has 2 nitrogen and oxygen atoms in total. The van der Waals surface area contributed by atoms with Crippen molar-refractivity contribution in [1.29, 1.82) is 0 Å². The molecule has 0 saturated heterocycles. The summed E-state index contributed by atoms with van der Waals surface area (Å²) in [6.45, 7) is 0. The Kier molecular flexibility index (Phi) is 7.53. The molecule has 0 atom stereocenters. The summed E-state index contributed by atoms with van der Waals surface area (Å²) in [6, 6.07) is 76.5. The van der Waals surface area contributed by atoms with Crippen molar-refractivity contribution in [2.45, 2.75) is 0 Å². The van der Waals surface area contributed by atoms with Crippen molar-refractivity contribution in [2.75, 3.05) is 4.90 Å². The maximum atomic E-state index is 6.54. The van der Waals surface area contributed by atoms with Gasteiger partial charge in [-0.3, -0.25) is 0 Å². The highest BCUT2D eigenvalue weighted by atomic mass is 16.3. The van der Waals surface area contributed by atoms with Gasteiger partial charge in [0.2, 0.25) is 0 Å². The van der Waals surface area contributed by atoms with Crippen LogP contribution in [0.15, 0.2) is 217 Å².